The molecule has 0 amide bonds. The molecule has 18 heavy (non-hydrogen) atoms. The lowest BCUT2D eigenvalue weighted by molar-refractivity contribution is 0.118. The fraction of sp³-hybridized carbons (Fsp3) is 1.00. The summed E-state index contributed by atoms with van der Waals surface area (Å²) in [5.41, 5.74) is 12.0. The second-order valence-electron chi connectivity index (χ2n) is 6.73. The van der Waals surface area contributed by atoms with Gasteiger partial charge in [-0.25, -0.2) is 0 Å². The predicted octanol–water partition coefficient (Wildman–Crippen LogP) is 3.06. The molecule has 0 bridgehead atoms. The number of rotatable bonds is 2. The van der Waals surface area contributed by atoms with Crippen molar-refractivity contribution < 1.29 is 4.43 Å². The van der Waals surface area contributed by atoms with E-state index in [2.05, 4.69) is 33.9 Å². The van der Waals surface area contributed by atoms with Gasteiger partial charge in [0.05, 0.1) is 0 Å². The molecule has 1 aliphatic carbocycles. The van der Waals surface area contributed by atoms with Gasteiger partial charge in [0.2, 0.25) is 0 Å². The molecule has 0 radical (unpaired) electrons. The third-order valence-corrected chi connectivity index (χ3v) is 8.54. The smallest absolute Gasteiger partial charge is 0.192 e. The van der Waals surface area contributed by atoms with E-state index in [0.717, 1.165) is 19.3 Å². The largest absolute Gasteiger partial charge is 0.414 e. The maximum atomic E-state index is 6.36. The number of hydrogen-bond donors (Lipinski definition) is 2. The Hall–Kier alpha value is 0.677. The van der Waals surface area contributed by atoms with E-state index in [1.807, 2.05) is 0 Å². The summed E-state index contributed by atoms with van der Waals surface area (Å²) >= 11 is 0. The van der Waals surface area contributed by atoms with Crippen molar-refractivity contribution >= 4 is 33.1 Å². The molecule has 1 rings (SSSR count). The summed E-state index contributed by atoms with van der Waals surface area (Å²) in [6, 6.07) is 0.442. The standard InChI is InChI=1S/C12H28N2OSi.2ClH/c1-12(2,3)16(4,5)15-11-7-9(13)6-10(14)8-11;;/h9-11H,6-8,13-14H2,1-5H3;2*1H/t9-,10+,11+;;. The van der Waals surface area contributed by atoms with Gasteiger partial charge in [-0.3, -0.25) is 0 Å². The van der Waals surface area contributed by atoms with Crippen molar-refractivity contribution in [1.82, 2.24) is 0 Å². The molecule has 0 aromatic heterocycles. The second kappa shape index (κ2) is 7.46. The molecule has 1 fully saturated rings. The van der Waals surface area contributed by atoms with Gasteiger partial charge in [0.25, 0.3) is 0 Å². The highest BCUT2D eigenvalue weighted by Crippen LogP contribution is 2.38. The zero-order valence-corrected chi connectivity index (χ0v) is 14.9. The second-order valence-corrected chi connectivity index (χ2v) is 11.5. The molecule has 1 aliphatic rings. The van der Waals surface area contributed by atoms with Crippen LogP contribution in [0.15, 0.2) is 0 Å². The van der Waals surface area contributed by atoms with E-state index < -0.39 is 8.32 Å². The van der Waals surface area contributed by atoms with Gasteiger partial charge < -0.3 is 15.9 Å². The highest BCUT2D eigenvalue weighted by atomic mass is 35.5. The van der Waals surface area contributed by atoms with Gasteiger partial charge in [0.1, 0.15) is 0 Å². The van der Waals surface area contributed by atoms with E-state index in [1.54, 1.807) is 0 Å². The van der Waals surface area contributed by atoms with Gasteiger partial charge in [0, 0.05) is 18.2 Å². The minimum atomic E-state index is -1.66. The van der Waals surface area contributed by atoms with Gasteiger partial charge in [-0.2, -0.15) is 0 Å². The monoisotopic (exact) mass is 316 g/mol. The number of nitrogens with two attached hydrogens (primary N) is 2. The van der Waals surface area contributed by atoms with Crippen molar-refractivity contribution in [2.75, 3.05) is 0 Å². The van der Waals surface area contributed by atoms with Crippen molar-refractivity contribution in [3.05, 3.63) is 0 Å². The molecule has 0 aromatic carbocycles. The molecule has 0 heterocycles. The molecule has 6 heteroatoms. The number of halogens is 2. The van der Waals surface area contributed by atoms with Gasteiger partial charge >= 0.3 is 0 Å². The van der Waals surface area contributed by atoms with Crippen molar-refractivity contribution in [3.63, 3.8) is 0 Å². The molecule has 0 unspecified atom stereocenters. The lowest BCUT2D eigenvalue weighted by Gasteiger charge is -2.42. The molecule has 112 valence electrons. The van der Waals surface area contributed by atoms with E-state index in [4.69, 9.17) is 15.9 Å². The first kappa shape index (κ1) is 21.0. The lowest BCUT2D eigenvalue weighted by atomic mass is 9.90. The molecule has 0 spiro atoms. The van der Waals surface area contributed by atoms with Crippen LogP contribution < -0.4 is 11.5 Å². The first-order chi connectivity index (χ1) is 7.12. The molecule has 3 nitrogen and oxygen atoms in total. The minimum Gasteiger partial charge on any atom is -0.414 e. The van der Waals surface area contributed by atoms with Crippen molar-refractivity contribution in [1.29, 1.82) is 0 Å². The summed E-state index contributed by atoms with van der Waals surface area (Å²) in [4.78, 5) is 0. The Morgan fingerprint density at radius 1 is 0.944 bits per heavy atom. The highest BCUT2D eigenvalue weighted by molar-refractivity contribution is 6.74. The zero-order valence-electron chi connectivity index (χ0n) is 12.2. The lowest BCUT2D eigenvalue weighted by Crippen LogP contribution is -2.49. The normalized spacial score (nSPS) is 29.2. The third kappa shape index (κ3) is 5.76. The van der Waals surface area contributed by atoms with Crippen LogP contribution in [0.2, 0.25) is 18.1 Å². The van der Waals surface area contributed by atoms with Crippen LogP contribution in [0.4, 0.5) is 0 Å². The Labute approximate surface area is 125 Å². The summed E-state index contributed by atoms with van der Waals surface area (Å²) in [7, 11) is -1.66. The summed E-state index contributed by atoms with van der Waals surface area (Å²) in [5, 5.41) is 0.263. The molecular formula is C12H30Cl2N2OSi. The molecule has 0 aliphatic heterocycles. The van der Waals surface area contributed by atoms with Crippen LogP contribution in [0.1, 0.15) is 40.0 Å². The Morgan fingerprint density at radius 2 is 1.33 bits per heavy atom. The van der Waals surface area contributed by atoms with E-state index >= 15 is 0 Å². The number of hydrogen-bond acceptors (Lipinski definition) is 3. The quantitative estimate of drug-likeness (QED) is 0.770. The van der Waals surface area contributed by atoms with Crippen molar-refractivity contribution in [2.45, 2.75) is 76.4 Å². The SMILES string of the molecule is CC(C)(C)[Si](C)(C)O[C@H]1C[C@H](N)C[C@H](N)C1.Cl.Cl. The maximum Gasteiger partial charge on any atom is 0.192 e. The maximum absolute atomic E-state index is 6.36. The zero-order chi connectivity index (χ0) is 12.6. The Morgan fingerprint density at radius 3 is 1.67 bits per heavy atom. The first-order valence-corrected chi connectivity index (χ1v) is 9.21. The highest BCUT2D eigenvalue weighted by Gasteiger charge is 2.40. The molecule has 0 aromatic rings. The van der Waals surface area contributed by atoms with Gasteiger partial charge in [-0.1, -0.05) is 20.8 Å². The average Bonchev–Trinajstić information content (AvgIpc) is 1.97. The third-order valence-electron chi connectivity index (χ3n) is 4.00. The molecule has 0 saturated heterocycles. The topological polar surface area (TPSA) is 61.3 Å². The summed E-state index contributed by atoms with van der Waals surface area (Å²) in [5.74, 6) is 0. The Kier molecular flexibility index (Phi) is 8.69. The van der Waals surface area contributed by atoms with Crippen molar-refractivity contribution in [3.8, 4) is 0 Å². The Balaban J connectivity index is 0. The van der Waals surface area contributed by atoms with E-state index in [-0.39, 0.29) is 48.0 Å². The first-order valence-electron chi connectivity index (χ1n) is 6.31. The van der Waals surface area contributed by atoms with Gasteiger partial charge in [-0.15, -0.1) is 24.8 Å². The average molecular weight is 317 g/mol. The van der Waals surface area contributed by atoms with E-state index in [9.17, 15) is 0 Å². The molecular weight excluding hydrogens is 287 g/mol. The summed E-state index contributed by atoms with van der Waals surface area (Å²) in [6.07, 6.45) is 3.16. The van der Waals surface area contributed by atoms with Gasteiger partial charge in [-0.05, 0) is 37.4 Å². The van der Waals surface area contributed by atoms with Crippen LogP contribution in [0.25, 0.3) is 0 Å². The fourth-order valence-electron chi connectivity index (χ4n) is 2.04. The van der Waals surface area contributed by atoms with Crippen LogP contribution in [0, 0.1) is 0 Å². The van der Waals surface area contributed by atoms with Crippen LogP contribution >= 0.6 is 24.8 Å². The van der Waals surface area contributed by atoms with E-state index in [0.29, 0.717) is 0 Å². The Bertz CT molecular complexity index is 237. The van der Waals surface area contributed by atoms with E-state index in [1.165, 1.54) is 0 Å². The summed E-state index contributed by atoms with van der Waals surface area (Å²) < 4.78 is 6.36. The molecule has 3 atom stereocenters. The van der Waals surface area contributed by atoms with Crippen molar-refractivity contribution in [2.24, 2.45) is 11.5 Å². The minimum absolute atomic E-state index is 0. The summed E-state index contributed by atoms with van der Waals surface area (Å²) in [6.45, 7) is 11.4. The van der Waals surface area contributed by atoms with Gasteiger partial charge in [0.15, 0.2) is 8.32 Å². The molecule has 1 saturated carbocycles. The predicted molar refractivity (Wildman–Crippen MR) is 86.4 cm³/mol. The van der Waals surface area contributed by atoms with Crippen LogP contribution in [-0.4, -0.2) is 26.5 Å². The molecule has 4 N–H and O–H groups in total. The van der Waals surface area contributed by atoms with Crippen LogP contribution in [0.3, 0.4) is 0 Å². The van der Waals surface area contributed by atoms with Crippen LogP contribution in [-0.2, 0) is 4.43 Å². The van der Waals surface area contributed by atoms with Crippen LogP contribution in [0.5, 0.6) is 0 Å². The fourth-order valence-corrected chi connectivity index (χ4v) is 3.42.